The molecule has 0 aromatic heterocycles. The van der Waals surface area contributed by atoms with Gasteiger partial charge in [0, 0.05) is 17.0 Å². The molecule has 0 amide bonds. The van der Waals surface area contributed by atoms with Gasteiger partial charge >= 0.3 is 0 Å². The van der Waals surface area contributed by atoms with E-state index in [0.717, 1.165) is 16.7 Å². The Bertz CT molecular complexity index is 614. The summed E-state index contributed by atoms with van der Waals surface area (Å²) >= 11 is 0. The number of benzene rings is 1. The van der Waals surface area contributed by atoms with Crippen molar-refractivity contribution in [2.24, 2.45) is 0 Å². The summed E-state index contributed by atoms with van der Waals surface area (Å²) in [6, 6.07) is 4.44. The average molecular weight is 293 g/mol. The molecule has 0 unspecified atom stereocenters. The lowest BCUT2D eigenvalue weighted by atomic mass is 9.97. The van der Waals surface area contributed by atoms with Crippen molar-refractivity contribution in [2.45, 2.75) is 26.7 Å². The number of aryl methyl sites for hydroxylation is 1. The third-order valence-electron chi connectivity index (χ3n) is 3.61. The maximum absolute atomic E-state index is 13.4. The first-order valence-electron chi connectivity index (χ1n) is 6.86. The van der Waals surface area contributed by atoms with Gasteiger partial charge in [-0.25, -0.2) is 13.2 Å². The van der Waals surface area contributed by atoms with Crippen LogP contribution in [0.2, 0.25) is 0 Å². The Labute approximate surface area is 123 Å². The van der Waals surface area contributed by atoms with Gasteiger partial charge in [0.25, 0.3) is 6.43 Å². The molecule has 0 bridgehead atoms. The van der Waals surface area contributed by atoms with Crippen LogP contribution in [0.5, 0.6) is 0 Å². The fraction of sp³-hybridized carbons (Fsp3) is 0.294. The predicted molar refractivity (Wildman–Crippen MR) is 79.4 cm³/mol. The summed E-state index contributed by atoms with van der Waals surface area (Å²) in [4.78, 5) is 1.51. The largest absolute Gasteiger partial charge is 0.336 e. The summed E-state index contributed by atoms with van der Waals surface area (Å²) in [7, 11) is 0. The van der Waals surface area contributed by atoms with Gasteiger partial charge in [0.1, 0.15) is 5.82 Å². The summed E-state index contributed by atoms with van der Waals surface area (Å²) in [5, 5.41) is 0. The summed E-state index contributed by atoms with van der Waals surface area (Å²) < 4.78 is 39.1. The molecular formula is C17H18F3N. The third-order valence-corrected chi connectivity index (χ3v) is 3.61. The van der Waals surface area contributed by atoms with Crippen LogP contribution in [0.1, 0.15) is 25.0 Å². The zero-order valence-electron chi connectivity index (χ0n) is 12.2. The standard InChI is InChI=1S/C17H18F3N/c1-4-13-9-14(18)6-7-15(13)16-8-5-11(2)12(3)21(16)10-17(19)20/h5-9,17H,3-4,10H2,1-2H3. The first-order chi connectivity index (χ1) is 9.93. The second-order valence-electron chi connectivity index (χ2n) is 5.00. The number of nitrogens with zero attached hydrogens (tertiary/aromatic N) is 1. The Hall–Kier alpha value is -1.97. The zero-order valence-corrected chi connectivity index (χ0v) is 12.2. The monoisotopic (exact) mass is 293 g/mol. The highest BCUT2D eigenvalue weighted by Gasteiger charge is 2.23. The van der Waals surface area contributed by atoms with Crippen molar-refractivity contribution < 1.29 is 13.2 Å². The van der Waals surface area contributed by atoms with Crippen molar-refractivity contribution in [3.8, 4) is 0 Å². The minimum absolute atomic E-state index is 0.321. The van der Waals surface area contributed by atoms with Gasteiger partial charge in [0.2, 0.25) is 0 Å². The summed E-state index contributed by atoms with van der Waals surface area (Å²) in [5.74, 6) is -0.321. The molecular weight excluding hydrogens is 275 g/mol. The summed E-state index contributed by atoms with van der Waals surface area (Å²) in [6.07, 6.45) is 1.80. The SMILES string of the molecule is C=C1C(C)=CC=C(c2ccc(F)cc2CC)N1CC(F)F. The Morgan fingerprint density at radius 3 is 2.57 bits per heavy atom. The number of alkyl halides is 2. The molecule has 1 heterocycles. The zero-order chi connectivity index (χ0) is 15.6. The van der Waals surface area contributed by atoms with E-state index in [1.165, 1.54) is 17.0 Å². The van der Waals surface area contributed by atoms with E-state index in [1.54, 1.807) is 12.1 Å². The fourth-order valence-corrected chi connectivity index (χ4v) is 2.43. The lowest BCUT2D eigenvalue weighted by molar-refractivity contribution is 0.123. The van der Waals surface area contributed by atoms with Gasteiger partial charge in [-0.2, -0.15) is 0 Å². The first-order valence-corrected chi connectivity index (χ1v) is 6.86. The van der Waals surface area contributed by atoms with Gasteiger partial charge in [0.15, 0.2) is 0 Å². The van der Waals surface area contributed by atoms with Crippen LogP contribution in [-0.4, -0.2) is 17.9 Å². The molecule has 0 spiro atoms. The van der Waals surface area contributed by atoms with E-state index in [4.69, 9.17) is 0 Å². The van der Waals surface area contributed by atoms with Gasteiger partial charge < -0.3 is 4.90 Å². The Morgan fingerprint density at radius 1 is 1.24 bits per heavy atom. The molecule has 21 heavy (non-hydrogen) atoms. The van der Waals surface area contributed by atoms with Gasteiger partial charge in [-0.15, -0.1) is 0 Å². The molecule has 0 fully saturated rings. The topological polar surface area (TPSA) is 3.24 Å². The molecule has 0 N–H and O–H groups in total. The van der Waals surface area contributed by atoms with Crippen LogP contribution in [-0.2, 0) is 6.42 Å². The lowest BCUT2D eigenvalue weighted by Crippen LogP contribution is -2.29. The molecule has 112 valence electrons. The van der Waals surface area contributed by atoms with Crippen molar-refractivity contribution in [1.82, 2.24) is 4.90 Å². The third kappa shape index (κ3) is 3.20. The highest BCUT2D eigenvalue weighted by atomic mass is 19.3. The minimum Gasteiger partial charge on any atom is -0.336 e. The van der Waals surface area contributed by atoms with Crippen molar-refractivity contribution in [3.63, 3.8) is 0 Å². The number of rotatable bonds is 4. The van der Waals surface area contributed by atoms with Crippen molar-refractivity contribution in [1.29, 1.82) is 0 Å². The predicted octanol–water partition coefficient (Wildman–Crippen LogP) is 4.77. The minimum atomic E-state index is -2.47. The average Bonchev–Trinajstić information content (AvgIpc) is 2.44. The van der Waals surface area contributed by atoms with E-state index in [2.05, 4.69) is 6.58 Å². The summed E-state index contributed by atoms with van der Waals surface area (Å²) in [5.41, 5.74) is 3.60. The van der Waals surface area contributed by atoms with E-state index in [1.807, 2.05) is 19.9 Å². The smallest absolute Gasteiger partial charge is 0.256 e. The van der Waals surface area contributed by atoms with Gasteiger partial charge in [-0.3, -0.25) is 0 Å². The molecule has 0 saturated carbocycles. The second-order valence-corrected chi connectivity index (χ2v) is 5.00. The number of allylic oxidation sites excluding steroid dienone is 3. The summed E-state index contributed by atoms with van der Waals surface area (Å²) in [6.45, 7) is 7.21. The normalized spacial score (nSPS) is 15.3. The van der Waals surface area contributed by atoms with Crippen LogP contribution in [0.25, 0.3) is 5.70 Å². The molecule has 0 saturated heterocycles. The van der Waals surface area contributed by atoms with Gasteiger partial charge in [-0.1, -0.05) is 19.6 Å². The first kappa shape index (κ1) is 15.4. The molecule has 2 rings (SSSR count). The van der Waals surface area contributed by atoms with Crippen LogP contribution >= 0.6 is 0 Å². The van der Waals surface area contributed by atoms with E-state index in [9.17, 15) is 13.2 Å². The van der Waals surface area contributed by atoms with E-state index in [-0.39, 0.29) is 5.82 Å². The second kappa shape index (κ2) is 6.20. The van der Waals surface area contributed by atoms with E-state index >= 15 is 0 Å². The Kier molecular flexibility index (Phi) is 4.56. The lowest BCUT2D eigenvalue weighted by Gasteiger charge is -2.33. The molecule has 1 aromatic carbocycles. The van der Waals surface area contributed by atoms with Crippen molar-refractivity contribution in [2.75, 3.05) is 6.54 Å². The number of hydrogen-bond donors (Lipinski definition) is 0. The Balaban J connectivity index is 2.51. The molecule has 0 atom stereocenters. The quantitative estimate of drug-likeness (QED) is 0.773. The molecule has 1 nitrogen and oxygen atoms in total. The molecule has 1 aliphatic heterocycles. The molecule has 0 aliphatic carbocycles. The van der Waals surface area contributed by atoms with E-state index < -0.39 is 13.0 Å². The maximum Gasteiger partial charge on any atom is 0.256 e. The fourth-order valence-electron chi connectivity index (χ4n) is 2.43. The highest BCUT2D eigenvalue weighted by molar-refractivity contribution is 5.72. The Morgan fingerprint density at radius 2 is 1.95 bits per heavy atom. The van der Waals surface area contributed by atoms with Crippen LogP contribution in [0.3, 0.4) is 0 Å². The van der Waals surface area contributed by atoms with Crippen LogP contribution in [0.15, 0.2) is 48.2 Å². The molecule has 4 heteroatoms. The number of halogens is 3. The maximum atomic E-state index is 13.4. The van der Waals surface area contributed by atoms with Crippen LogP contribution < -0.4 is 0 Å². The van der Waals surface area contributed by atoms with E-state index in [0.29, 0.717) is 17.8 Å². The van der Waals surface area contributed by atoms with Crippen LogP contribution in [0.4, 0.5) is 13.2 Å². The van der Waals surface area contributed by atoms with Crippen molar-refractivity contribution in [3.05, 3.63) is 65.1 Å². The number of hydrogen-bond acceptors (Lipinski definition) is 1. The molecule has 0 radical (unpaired) electrons. The molecule has 1 aromatic rings. The van der Waals surface area contributed by atoms with Gasteiger partial charge in [0.05, 0.1) is 6.54 Å². The van der Waals surface area contributed by atoms with Crippen LogP contribution in [0, 0.1) is 5.82 Å². The highest BCUT2D eigenvalue weighted by Crippen LogP contribution is 2.33. The van der Waals surface area contributed by atoms with Gasteiger partial charge in [-0.05, 0) is 48.8 Å². The van der Waals surface area contributed by atoms with Crippen molar-refractivity contribution >= 4 is 5.70 Å². The molecule has 1 aliphatic rings.